The molecule has 0 atom stereocenters. The molecule has 0 aliphatic rings. The average Bonchev–Trinajstić information content (AvgIpc) is 2.36. The Morgan fingerprint density at radius 2 is 2.00 bits per heavy atom. The molecule has 1 aromatic rings. The molecule has 0 saturated heterocycles. The third kappa shape index (κ3) is 4.69. The topological polar surface area (TPSA) is 130 Å². The fraction of sp³-hybridized carbons (Fsp3) is 0.462. The summed E-state index contributed by atoms with van der Waals surface area (Å²) in [6.45, 7) is 3.74. The van der Waals surface area contributed by atoms with Crippen LogP contribution in [0.3, 0.4) is 0 Å². The molecule has 0 fully saturated rings. The number of anilines is 1. The fourth-order valence-corrected chi connectivity index (χ4v) is 3.04. The van der Waals surface area contributed by atoms with Gasteiger partial charge in [0.15, 0.2) is 0 Å². The second kappa shape index (κ2) is 6.42. The molecule has 0 aliphatic carbocycles. The predicted molar refractivity (Wildman–Crippen MR) is 78.5 cm³/mol. The van der Waals surface area contributed by atoms with E-state index in [1.807, 2.05) is 13.8 Å². The van der Waals surface area contributed by atoms with E-state index in [-0.39, 0.29) is 29.3 Å². The smallest absolute Gasteiger partial charge is 0.335 e. The highest BCUT2D eigenvalue weighted by molar-refractivity contribution is 7.89. The highest BCUT2D eigenvalue weighted by Gasteiger charge is 2.23. The lowest BCUT2D eigenvalue weighted by molar-refractivity contribution is 0.0697. The number of carboxylic acids is 1. The first kappa shape index (κ1) is 17.4. The summed E-state index contributed by atoms with van der Waals surface area (Å²) in [5.41, 5.74) is 5.02. The lowest BCUT2D eigenvalue weighted by atomic mass is 9.90. The van der Waals surface area contributed by atoms with E-state index in [1.54, 1.807) is 0 Å². The van der Waals surface area contributed by atoms with Gasteiger partial charge in [0.05, 0.1) is 11.3 Å². The number of hydrogen-bond donors (Lipinski definition) is 4. The minimum atomic E-state index is -3.83. The molecule has 118 valence electrons. The van der Waals surface area contributed by atoms with Crippen molar-refractivity contribution in [1.29, 1.82) is 0 Å². The predicted octanol–water partition coefficient (Wildman–Crippen LogP) is 0.654. The van der Waals surface area contributed by atoms with Gasteiger partial charge in [0.25, 0.3) is 0 Å². The third-order valence-electron chi connectivity index (χ3n) is 3.08. The van der Waals surface area contributed by atoms with Crippen molar-refractivity contribution in [3.8, 4) is 0 Å². The Kier molecular flexibility index (Phi) is 5.32. The van der Waals surface area contributed by atoms with Gasteiger partial charge in [-0.1, -0.05) is 13.8 Å². The van der Waals surface area contributed by atoms with E-state index in [2.05, 4.69) is 4.72 Å². The van der Waals surface area contributed by atoms with Crippen LogP contribution in [0.25, 0.3) is 0 Å². The number of carbonyl (C=O) groups is 1. The number of sulfonamides is 1. The van der Waals surface area contributed by atoms with Crippen LogP contribution < -0.4 is 10.5 Å². The van der Waals surface area contributed by atoms with E-state index in [4.69, 9.17) is 15.9 Å². The average molecular weight is 316 g/mol. The van der Waals surface area contributed by atoms with Crippen molar-refractivity contribution >= 4 is 21.7 Å². The summed E-state index contributed by atoms with van der Waals surface area (Å²) in [5, 5.41) is 17.7. The van der Waals surface area contributed by atoms with Crippen LogP contribution >= 0.6 is 0 Å². The fourth-order valence-electron chi connectivity index (χ4n) is 1.69. The van der Waals surface area contributed by atoms with E-state index < -0.39 is 21.4 Å². The molecule has 0 aliphatic heterocycles. The molecule has 21 heavy (non-hydrogen) atoms. The first-order chi connectivity index (χ1) is 9.59. The van der Waals surface area contributed by atoms with E-state index in [0.717, 1.165) is 6.07 Å². The number of aliphatic hydroxyl groups excluding tert-OH is 1. The van der Waals surface area contributed by atoms with Crippen LogP contribution in [0.15, 0.2) is 23.1 Å². The summed E-state index contributed by atoms with van der Waals surface area (Å²) in [4.78, 5) is 10.6. The number of rotatable bonds is 7. The largest absolute Gasteiger partial charge is 0.478 e. The Bertz CT molecular complexity index is 625. The van der Waals surface area contributed by atoms with Crippen molar-refractivity contribution in [3.05, 3.63) is 23.8 Å². The second-order valence-electron chi connectivity index (χ2n) is 5.52. The minimum Gasteiger partial charge on any atom is -0.478 e. The molecule has 0 spiro atoms. The quantitative estimate of drug-likeness (QED) is 0.547. The molecule has 0 unspecified atom stereocenters. The molecule has 1 aromatic carbocycles. The van der Waals surface area contributed by atoms with E-state index in [9.17, 15) is 13.2 Å². The number of nitrogens with two attached hydrogens (primary N) is 1. The van der Waals surface area contributed by atoms with Gasteiger partial charge in [0.2, 0.25) is 10.0 Å². The Balaban J connectivity index is 2.96. The Morgan fingerprint density at radius 1 is 1.38 bits per heavy atom. The molecule has 0 saturated carbocycles. The van der Waals surface area contributed by atoms with Crippen molar-refractivity contribution < 1.29 is 23.4 Å². The Morgan fingerprint density at radius 3 is 2.48 bits per heavy atom. The number of carboxylic acid groups (broad SMARTS) is 1. The molecule has 0 heterocycles. The lowest BCUT2D eigenvalue weighted by Crippen LogP contribution is -2.34. The number of nitrogen functional groups attached to an aromatic ring is 1. The maximum absolute atomic E-state index is 12.2. The van der Waals surface area contributed by atoms with Crippen molar-refractivity contribution in [2.75, 3.05) is 18.9 Å². The molecule has 0 amide bonds. The van der Waals surface area contributed by atoms with Gasteiger partial charge in [-0.2, -0.15) is 0 Å². The monoisotopic (exact) mass is 316 g/mol. The maximum Gasteiger partial charge on any atom is 0.335 e. The number of aromatic carboxylic acids is 1. The molecular weight excluding hydrogens is 296 g/mol. The normalized spacial score (nSPS) is 12.3. The van der Waals surface area contributed by atoms with Crippen LogP contribution in [-0.4, -0.2) is 37.8 Å². The Labute approximate surface area is 123 Å². The van der Waals surface area contributed by atoms with Crippen molar-refractivity contribution in [1.82, 2.24) is 4.72 Å². The van der Waals surface area contributed by atoms with Gasteiger partial charge in [-0.15, -0.1) is 0 Å². The van der Waals surface area contributed by atoms with Gasteiger partial charge in [0.1, 0.15) is 4.90 Å². The van der Waals surface area contributed by atoms with E-state index in [0.29, 0.717) is 6.42 Å². The molecule has 8 heteroatoms. The van der Waals surface area contributed by atoms with Crippen molar-refractivity contribution in [2.24, 2.45) is 5.41 Å². The SMILES string of the molecule is CC(C)(CCO)CNS(=O)(=O)c1ccc(C(=O)O)cc1N. The van der Waals surface area contributed by atoms with Gasteiger partial charge in [-0.25, -0.2) is 17.9 Å². The van der Waals surface area contributed by atoms with Crippen LogP contribution in [0.2, 0.25) is 0 Å². The van der Waals surface area contributed by atoms with Gasteiger partial charge in [-0.05, 0) is 30.0 Å². The molecule has 0 bridgehead atoms. The number of nitrogens with one attached hydrogen (secondary N) is 1. The third-order valence-corrected chi connectivity index (χ3v) is 4.55. The molecule has 0 radical (unpaired) electrons. The maximum atomic E-state index is 12.2. The summed E-state index contributed by atoms with van der Waals surface area (Å²) >= 11 is 0. The standard InChI is InChI=1S/C13H20N2O5S/c1-13(2,5-6-16)8-15-21(19,20)11-4-3-9(12(17)18)7-10(11)14/h3-4,7,15-16H,5-6,8,14H2,1-2H3,(H,17,18). The number of hydrogen-bond acceptors (Lipinski definition) is 5. The molecule has 0 aromatic heterocycles. The Hall–Kier alpha value is -1.64. The first-order valence-corrected chi connectivity index (χ1v) is 7.81. The molecule has 7 nitrogen and oxygen atoms in total. The molecule has 1 rings (SSSR count). The van der Waals surface area contributed by atoms with Gasteiger partial charge in [0, 0.05) is 13.2 Å². The zero-order chi connectivity index (χ0) is 16.3. The van der Waals surface area contributed by atoms with E-state index in [1.165, 1.54) is 12.1 Å². The van der Waals surface area contributed by atoms with E-state index >= 15 is 0 Å². The molecular formula is C13H20N2O5S. The summed E-state index contributed by atoms with van der Waals surface area (Å²) < 4.78 is 26.8. The van der Waals surface area contributed by atoms with Gasteiger partial charge < -0.3 is 15.9 Å². The zero-order valence-corrected chi connectivity index (χ0v) is 12.8. The summed E-state index contributed by atoms with van der Waals surface area (Å²) in [7, 11) is -3.83. The van der Waals surface area contributed by atoms with Crippen LogP contribution in [0.4, 0.5) is 5.69 Å². The zero-order valence-electron chi connectivity index (χ0n) is 12.0. The van der Waals surface area contributed by atoms with Crippen LogP contribution in [0.1, 0.15) is 30.6 Å². The first-order valence-electron chi connectivity index (χ1n) is 6.32. The van der Waals surface area contributed by atoms with Crippen LogP contribution in [0.5, 0.6) is 0 Å². The highest BCUT2D eigenvalue weighted by Crippen LogP contribution is 2.22. The van der Waals surface area contributed by atoms with Crippen LogP contribution in [0, 0.1) is 5.41 Å². The van der Waals surface area contributed by atoms with Crippen LogP contribution in [-0.2, 0) is 10.0 Å². The number of benzene rings is 1. The minimum absolute atomic E-state index is 0.0375. The van der Waals surface area contributed by atoms with Gasteiger partial charge >= 0.3 is 5.97 Å². The summed E-state index contributed by atoms with van der Waals surface area (Å²) in [6, 6.07) is 3.46. The molecule has 5 N–H and O–H groups in total. The highest BCUT2D eigenvalue weighted by atomic mass is 32.2. The summed E-state index contributed by atoms with van der Waals surface area (Å²) in [6.07, 6.45) is 0.447. The second-order valence-corrected chi connectivity index (χ2v) is 7.26. The van der Waals surface area contributed by atoms with Crippen molar-refractivity contribution in [2.45, 2.75) is 25.2 Å². The van der Waals surface area contributed by atoms with Gasteiger partial charge in [-0.3, -0.25) is 0 Å². The lowest BCUT2D eigenvalue weighted by Gasteiger charge is -2.24. The number of aliphatic hydroxyl groups is 1. The summed E-state index contributed by atoms with van der Waals surface area (Å²) in [5.74, 6) is -1.18. The van der Waals surface area contributed by atoms with Crippen molar-refractivity contribution in [3.63, 3.8) is 0 Å².